The van der Waals surface area contributed by atoms with E-state index >= 15 is 0 Å². The summed E-state index contributed by atoms with van der Waals surface area (Å²) in [6.07, 6.45) is -5.29. The van der Waals surface area contributed by atoms with Crippen LogP contribution < -0.4 is 24.8 Å². The number of rotatable bonds is 8. The SMILES string of the molecule is COc1ccc(C23CCC(NC(=O)Nc4cccc(OC(F)(F)C(F)F)c4)CC2N(C)CC3)cc1OC. The predicted molar refractivity (Wildman–Crippen MR) is 130 cm³/mol. The van der Waals surface area contributed by atoms with Crippen molar-refractivity contribution in [3.05, 3.63) is 48.0 Å². The molecule has 2 aromatic carbocycles. The molecule has 3 unspecified atom stereocenters. The Morgan fingerprint density at radius 3 is 2.57 bits per heavy atom. The van der Waals surface area contributed by atoms with Crippen molar-refractivity contribution in [3.63, 3.8) is 0 Å². The van der Waals surface area contributed by atoms with Gasteiger partial charge in [-0.1, -0.05) is 12.1 Å². The lowest BCUT2D eigenvalue weighted by molar-refractivity contribution is -0.253. The number of ether oxygens (including phenoxy) is 3. The molecule has 1 saturated carbocycles. The molecule has 0 bridgehead atoms. The maximum atomic E-state index is 13.2. The summed E-state index contributed by atoms with van der Waals surface area (Å²) < 4.78 is 66.3. The van der Waals surface area contributed by atoms with E-state index in [0.717, 1.165) is 44.4 Å². The van der Waals surface area contributed by atoms with Gasteiger partial charge in [-0.2, -0.15) is 17.6 Å². The molecule has 11 heteroatoms. The van der Waals surface area contributed by atoms with E-state index in [-0.39, 0.29) is 23.2 Å². The minimum atomic E-state index is -4.63. The summed E-state index contributed by atoms with van der Waals surface area (Å²) in [6, 6.07) is 10.6. The van der Waals surface area contributed by atoms with Gasteiger partial charge in [0.1, 0.15) is 5.75 Å². The van der Waals surface area contributed by atoms with Crippen LogP contribution in [-0.2, 0) is 5.41 Å². The van der Waals surface area contributed by atoms with Gasteiger partial charge in [0.05, 0.1) is 14.2 Å². The Kier molecular flexibility index (Phi) is 7.72. The Hall–Kier alpha value is -3.21. The smallest absolute Gasteiger partial charge is 0.461 e. The van der Waals surface area contributed by atoms with Crippen molar-refractivity contribution in [2.75, 3.05) is 33.1 Å². The fraction of sp³-hybridized carbons (Fsp3) is 0.500. The number of carbonyl (C=O) groups is 1. The molecule has 1 aliphatic carbocycles. The third-order valence-electron chi connectivity index (χ3n) is 7.42. The number of benzene rings is 2. The Balaban J connectivity index is 1.42. The standard InChI is InChI=1S/C26H31F4N3O4/c1-33-12-11-25(16-7-8-20(35-2)21(13-16)36-3)10-9-18(15-22(25)33)32-24(34)31-17-5-4-6-19(14-17)37-26(29,30)23(27)28/h4-8,13-14,18,22-23H,9-12,15H2,1-3H3,(H2,31,32,34). The van der Waals surface area contributed by atoms with E-state index in [1.165, 1.54) is 17.7 Å². The summed E-state index contributed by atoms with van der Waals surface area (Å²) in [7, 11) is 5.30. The van der Waals surface area contributed by atoms with E-state index in [1.807, 2.05) is 12.1 Å². The zero-order valence-corrected chi connectivity index (χ0v) is 20.9. The minimum Gasteiger partial charge on any atom is -0.493 e. The van der Waals surface area contributed by atoms with Crippen LogP contribution in [0.2, 0.25) is 0 Å². The zero-order chi connectivity index (χ0) is 26.8. The van der Waals surface area contributed by atoms with Gasteiger partial charge in [0.25, 0.3) is 0 Å². The van der Waals surface area contributed by atoms with Gasteiger partial charge in [-0.25, -0.2) is 4.79 Å². The van der Waals surface area contributed by atoms with Gasteiger partial charge in [-0.05, 0) is 69.1 Å². The number of halogens is 4. The lowest BCUT2D eigenvalue weighted by Crippen LogP contribution is -2.52. The average molecular weight is 526 g/mol. The Labute approximate surface area is 213 Å². The normalized spacial score (nSPS) is 23.9. The van der Waals surface area contributed by atoms with E-state index in [4.69, 9.17) is 9.47 Å². The van der Waals surface area contributed by atoms with Crippen molar-refractivity contribution in [2.45, 2.75) is 55.7 Å². The lowest BCUT2D eigenvalue weighted by atomic mass is 9.65. The van der Waals surface area contributed by atoms with Gasteiger partial charge in [-0.3, -0.25) is 0 Å². The van der Waals surface area contributed by atoms with Crippen LogP contribution >= 0.6 is 0 Å². The summed E-state index contributed by atoms with van der Waals surface area (Å²) in [5.41, 5.74) is 1.25. The van der Waals surface area contributed by atoms with E-state index < -0.39 is 24.3 Å². The molecule has 1 heterocycles. The highest BCUT2D eigenvalue weighted by molar-refractivity contribution is 5.89. The molecule has 2 aliphatic rings. The molecule has 1 aliphatic heterocycles. The van der Waals surface area contributed by atoms with E-state index in [0.29, 0.717) is 11.5 Å². The number of anilines is 1. The first kappa shape index (κ1) is 26.8. The summed E-state index contributed by atoms with van der Waals surface area (Å²) in [5.74, 6) is 0.873. The zero-order valence-electron chi connectivity index (χ0n) is 20.9. The summed E-state index contributed by atoms with van der Waals surface area (Å²) >= 11 is 0. The number of fused-ring (bicyclic) bond motifs is 1. The van der Waals surface area contributed by atoms with Gasteiger partial charge in [-0.15, -0.1) is 0 Å². The van der Waals surface area contributed by atoms with E-state index in [9.17, 15) is 22.4 Å². The van der Waals surface area contributed by atoms with Crippen molar-refractivity contribution in [3.8, 4) is 17.2 Å². The van der Waals surface area contributed by atoms with Crippen LogP contribution in [0.3, 0.4) is 0 Å². The van der Waals surface area contributed by atoms with Crippen molar-refractivity contribution in [1.82, 2.24) is 10.2 Å². The molecule has 2 fully saturated rings. The van der Waals surface area contributed by atoms with Crippen molar-refractivity contribution >= 4 is 11.7 Å². The number of urea groups is 1. The number of nitrogens with zero attached hydrogens (tertiary/aromatic N) is 1. The third-order valence-corrected chi connectivity index (χ3v) is 7.42. The highest BCUT2D eigenvalue weighted by atomic mass is 19.3. The van der Waals surface area contributed by atoms with Crippen LogP contribution in [0.5, 0.6) is 17.2 Å². The average Bonchev–Trinajstić information content (AvgIpc) is 3.20. The summed E-state index contributed by atoms with van der Waals surface area (Å²) in [6.45, 7) is 0.925. The van der Waals surface area contributed by atoms with E-state index in [1.54, 1.807) is 14.2 Å². The molecule has 2 amide bonds. The molecular formula is C26H31F4N3O4. The third kappa shape index (κ3) is 5.56. The quantitative estimate of drug-likeness (QED) is 0.461. The van der Waals surface area contributed by atoms with Gasteiger partial charge in [0.2, 0.25) is 0 Å². The number of carbonyl (C=O) groups excluding carboxylic acids is 1. The molecule has 37 heavy (non-hydrogen) atoms. The second-order valence-electron chi connectivity index (χ2n) is 9.53. The molecule has 4 rings (SSSR count). The van der Waals surface area contributed by atoms with Crippen molar-refractivity contribution in [2.24, 2.45) is 0 Å². The van der Waals surface area contributed by atoms with Gasteiger partial charge < -0.3 is 29.7 Å². The lowest BCUT2D eigenvalue weighted by Gasteiger charge is -2.45. The predicted octanol–water partition coefficient (Wildman–Crippen LogP) is 5.26. The Morgan fingerprint density at radius 1 is 1.11 bits per heavy atom. The molecule has 2 N–H and O–H groups in total. The maximum Gasteiger partial charge on any atom is 0.461 e. The molecule has 202 valence electrons. The summed E-state index contributed by atoms with van der Waals surface area (Å²) in [5, 5.41) is 5.54. The van der Waals surface area contributed by atoms with E-state index in [2.05, 4.69) is 33.4 Å². The second kappa shape index (κ2) is 10.6. The Morgan fingerprint density at radius 2 is 1.86 bits per heavy atom. The van der Waals surface area contributed by atoms with Crippen molar-refractivity contribution < 1.29 is 36.6 Å². The molecule has 0 spiro atoms. The van der Waals surface area contributed by atoms with Crippen LogP contribution in [0.15, 0.2) is 42.5 Å². The number of likely N-dealkylation sites (N-methyl/N-ethyl adjacent to an activating group) is 1. The van der Waals surface area contributed by atoms with Crippen LogP contribution in [-0.4, -0.2) is 63.4 Å². The number of nitrogens with one attached hydrogen (secondary N) is 2. The molecule has 0 radical (unpaired) electrons. The number of hydrogen-bond acceptors (Lipinski definition) is 5. The number of alkyl halides is 4. The van der Waals surface area contributed by atoms with Crippen LogP contribution in [0.4, 0.5) is 28.0 Å². The number of hydrogen-bond donors (Lipinski definition) is 2. The maximum absolute atomic E-state index is 13.2. The molecule has 0 aromatic heterocycles. The van der Waals surface area contributed by atoms with Crippen LogP contribution in [0.25, 0.3) is 0 Å². The van der Waals surface area contributed by atoms with Gasteiger partial charge in [0.15, 0.2) is 11.5 Å². The number of likely N-dealkylation sites (tertiary alicyclic amines) is 1. The number of amides is 2. The second-order valence-corrected chi connectivity index (χ2v) is 9.53. The van der Waals surface area contributed by atoms with Crippen LogP contribution in [0.1, 0.15) is 31.2 Å². The molecule has 1 saturated heterocycles. The fourth-order valence-corrected chi connectivity index (χ4v) is 5.59. The van der Waals surface area contributed by atoms with Gasteiger partial charge >= 0.3 is 18.6 Å². The fourth-order valence-electron chi connectivity index (χ4n) is 5.59. The molecule has 3 atom stereocenters. The molecule has 2 aromatic rings. The van der Waals surface area contributed by atoms with Crippen LogP contribution in [0, 0.1) is 0 Å². The molecular weight excluding hydrogens is 494 g/mol. The van der Waals surface area contributed by atoms with Gasteiger partial charge in [0, 0.05) is 29.3 Å². The Bertz CT molecular complexity index is 1120. The summed E-state index contributed by atoms with van der Waals surface area (Å²) in [4.78, 5) is 15.0. The first-order chi connectivity index (χ1) is 17.6. The molecule has 7 nitrogen and oxygen atoms in total. The largest absolute Gasteiger partial charge is 0.493 e. The highest BCUT2D eigenvalue weighted by Crippen LogP contribution is 2.49. The first-order valence-corrected chi connectivity index (χ1v) is 12.0. The topological polar surface area (TPSA) is 72.1 Å². The van der Waals surface area contributed by atoms with Crippen molar-refractivity contribution in [1.29, 1.82) is 0 Å². The first-order valence-electron chi connectivity index (χ1n) is 12.0. The highest BCUT2D eigenvalue weighted by Gasteiger charge is 2.50. The number of methoxy groups -OCH3 is 2. The minimum absolute atomic E-state index is 0.0788. The monoisotopic (exact) mass is 525 g/mol.